The fourth-order valence-corrected chi connectivity index (χ4v) is 3.82. The fourth-order valence-electron chi connectivity index (χ4n) is 3.82. The molecule has 1 saturated heterocycles. The van der Waals surface area contributed by atoms with Crippen molar-refractivity contribution in [2.75, 3.05) is 30.4 Å². The van der Waals surface area contributed by atoms with Gasteiger partial charge in [-0.05, 0) is 18.6 Å². The number of urea groups is 1. The summed E-state index contributed by atoms with van der Waals surface area (Å²) < 4.78 is 54.9. The quantitative estimate of drug-likeness (QED) is 0.578. The lowest BCUT2D eigenvalue weighted by atomic mass is 10.0. The van der Waals surface area contributed by atoms with Crippen molar-refractivity contribution in [1.82, 2.24) is 24.4 Å². The van der Waals surface area contributed by atoms with Crippen LogP contribution < -0.4 is 15.8 Å². The summed E-state index contributed by atoms with van der Waals surface area (Å²) in [5.74, 6) is 0.503. The monoisotopic (exact) mass is 467 g/mol. The van der Waals surface area contributed by atoms with Gasteiger partial charge in [0, 0.05) is 33.0 Å². The van der Waals surface area contributed by atoms with E-state index >= 15 is 4.39 Å². The maximum atomic E-state index is 15.0. The van der Waals surface area contributed by atoms with Crippen molar-refractivity contribution in [2.24, 2.45) is 7.05 Å². The van der Waals surface area contributed by atoms with E-state index in [9.17, 15) is 22.8 Å². The molecule has 9 nitrogen and oxygen atoms in total. The van der Waals surface area contributed by atoms with E-state index in [0.717, 1.165) is 16.5 Å². The predicted octanol–water partition coefficient (Wildman–Crippen LogP) is 2.76. The van der Waals surface area contributed by atoms with Crippen LogP contribution in [-0.2, 0) is 13.2 Å². The third-order valence-electron chi connectivity index (χ3n) is 5.65. The average molecular weight is 467 g/mol. The molecule has 0 bridgehead atoms. The van der Waals surface area contributed by atoms with Gasteiger partial charge in [-0.3, -0.25) is 4.79 Å². The highest BCUT2D eigenvalue weighted by Crippen LogP contribution is 2.30. The molecule has 1 unspecified atom stereocenters. The van der Waals surface area contributed by atoms with Crippen molar-refractivity contribution >= 4 is 28.7 Å². The number of fused-ring (bicyclic) bond motifs is 1. The van der Waals surface area contributed by atoms with Crippen LogP contribution in [0.4, 0.5) is 33.9 Å². The number of H-pyrrole nitrogens is 1. The van der Waals surface area contributed by atoms with Crippen LogP contribution in [-0.4, -0.2) is 62.8 Å². The number of amides is 2. The predicted molar refractivity (Wildman–Crippen MR) is 113 cm³/mol. The van der Waals surface area contributed by atoms with E-state index in [1.54, 1.807) is 17.2 Å². The van der Waals surface area contributed by atoms with Crippen LogP contribution in [0.3, 0.4) is 0 Å². The molecule has 0 radical (unpaired) electrons. The molecule has 1 fully saturated rings. The summed E-state index contributed by atoms with van der Waals surface area (Å²) in [6, 6.07) is 0.613. The Morgan fingerprint density at radius 1 is 1.36 bits per heavy atom. The van der Waals surface area contributed by atoms with Crippen molar-refractivity contribution in [3.05, 3.63) is 46.6 Å². The molecule has 1 aliphatic rings. The number of pyridine rings is 1. The van der Waals surface area contributed by atoms with Crippen molar-refractivity contribution < 1.29 is 22.4 Å². The van der Waals surface area contributed by atoms with Crippen LogP contribution in [0.25, 0.3) is 11.2 Å². The molecule has 176 valence electrons. The lowest BCUT2D eigenvalue weighted by Gasteiger charge is -2.39. The van der Waals surface area contributed by atoms with E-state index in [4.69, 9.17) is 0 Å². The number of hydrogen-bond donors (Lipinski definition) is 2. The molecule has 2 N–H and O–H groups in total. The molecule has 0 spiro atoms. The Hall–Kier alpha value is -3.64. The summed E-state index contributed by atoms with van der Waals surface area (Å²) in [4.78, 5) is 39.2. The first-order chi connectivity index (χ1) is 15.5. The van der Waals surface area contributed by atoms with Crippen molar-refractivity contribution in [1.29, 1.82) is 0 Å². The summed E-state index contributed by atoms with van der Waals surface area (Å²) in [6.07, 6.45) is -2.03. The smallest absolute Gasteiger partial charge is 0.352 e. The van der Waals surface area contributed by atoms with Gasteiger partial charge in [-0.1, -0.05) is 0 Å². The first-order valence-electron chi connectivity index (χ1n) is 10.1. The summed E-state index contributed by atoms with van der Waals surface area (Å²) >= 11 is 0. The van der Waals surface area contributed by atoms with Gasteiger partial charge in [-0.25, -0.2) is 19.2 Å². The van der Waals surface area contributed by atoms with Gasteiger partial charge in [0.1, 0.15) is 23.2 Å². The molecule has 3 aromatic heterocycles. The van der Waals surface area contributed by atoms with Crippen LogP contribution >= 0.6 is 0 Å². The van der Waals surface area contributed by atoms with Gasteiger partial charge in [-0.2, -0.15) is 13.2 Å². The van der Waals surface area contributed by atoms with E-state index in [0.29, 0.717) is 35.8 Å². The highest BCUT2D eigenvalue weighted by molar-refractivity contribution is 5.89. The lowest BCUT2D eigenvalue weighted by molar-refractivity contribution is -0.138. The second-order valence-corrected chi connectivity index (χ2v) is 7.86. The van der Waals surface area contributed by atoms with E-state index < -0.39 is 41.2 Å². The molecular formula is C20H21F4N7O2. The molecule has 4 rings (SSSR count). The molecule has 33 heavy (non-hydrogen) atoms. The van der Waals surface area contributed by atoms with E-state index in [2.05, 4.69) is 20.3 Å². The molecule has 1 aliphatic heterocycles. The van der Waals surface area contributed by atoms with Gasteiger partial charge in [0.15, 0.2) is 5.65 Å². The minimum absolute atomic E-state index is 0.0434. The lowest BCUT2D eigenvalue weighted by Crippen LogP contribution is -2.54. The van der Waals surface area contributed by atoms with Crippen molar-refractivity contribution in [3.63, 3.8) is 0 Å². The Morgan fingerprint density at radius 2 is 2.12 bits per heavy atom. The number of aryl methyl sites for hydroxylation is 1. The molecule has 4 heterocycles. The summed E-state index contributed by atoms with van der Waals surface area (Å²) in [6.45, 7) is 0.344. The van der Waals surface area contributed by atoms with Crippen LogP contribution in [0.1, 0.15) is 12.0 Å². The number of nitrogens with zero attached hydrogens (tertiary/aromatic N) is 5. The summed E-state index contributed by atoms with van der Waals surface area (Å²) in [5, 5.41) is 2.19. The van der Waals surface area contributed by atoms with Gasteiger partial charge in [0.25, 0.3) is 5.56 Å². The number of carbonyl (C=O) groups excluding carboxylic acids is 1. The van der Waals surface area contributed by atoms with Crippen LogP contribution in [0.2, 0.25) is 0 Å². The molecular weight excluding hydrogens is 446 g/mol. The second-order valence-electron chi connectivity index (χ2n) is 7.86. The van der Waals surface area contributed by atoms with Gasteiger partial charge in [-0.15, -0.1) is 0 Å². The third kappa shape index (κ3) is 4.47. The van der Waals surface area contributed by atoms with Gasteiger partial charge in [0.2, 0.25) is 0 Å². The molecule has 2 amide bonds. The Morgan fingerprint density at radius 3 is 2.82 bits per heavy atom. The van der Waals surface area contributed by atoms with Gasteiger partial charge >= 0.3 is 12.2 Å². The van der Waals surface area contributed by atoms with Crippen molar-refractivity contribution in [2.45, 2.75) is 24.8 Å². The standard InChI is InChI=1S/C20H21F4N7O2/c1-29-9-11(20(22,23)24)7-14(18(29)32)28-19(33)30(2)15-4-6-31(10-12(15)21)16-8-26-17-13(27-16)3-5-25-17/h3,5,7-9,12,15H,4,6,10H2,1-2H3,(H,25,26)(H,28,33)/t12?,15-/m0/s1. The number of anilines is 2. The second kappa shape index (κ2) is 8.37. The number of rotatable bonds is 3. The SMILES string of the molecule is CN(C(=O)Nc1cc(C(F)(F)F)cn(C)c1=O)[C@H]1CCN(c2cnc3[nH]ccc3n2)CC1F. The van der Waals surface area contributed by atoms with E-state index in [1.807, 2.05) is 0 Å². The highest BCUT2D eigenvalue weighted by Gasteiger charge is 2.36. The van der Waals surface area contributed by atoms with Gasteiger partial charge < -0.3 is 24.7 Å². The number of alkyl halides is 4. The zero-order valence-electron chi connectivity index (χ0n) is 17.7. The molecule has 3 aromatic rings. The Balaban J connectivity index is 1.45. The fraction of sp³-hybridized carbons (Fsp3) is 0.400. The topological polar surface area (TPSA) is 99.1 Å². The number of halogens is 4. The summed E-state index contributed by atoms with van der Waals surface area (Å²) in [7, 11) is 2.49. The number of carbonyl (C=O) groups is 1. The van der Waals surface area contributed by atoms with Gasteiger partial charge in [0.05, 0.1) is 24.3 Å². The maximum Gasteiger partial charge on any atom is 0.417 e. The molecule has 13 heteroatoms. The minimum atomic E-state index is -4.69. The largest absolute Gasteiger partial charge is 0.417 e. The zero-order chi connectivity index (χ0) is 23.9. The Kier molecular flexibility index (Phi) is 5.72. The third-order valence-corrected chi connectivity index (χ3v) is 5.65. The number of aromatic amines is 1. The Labute approximate surface area is 185 Å². The first kappa shape index (κ1) is 22.6. The van der Waals surface area contributed by atoms with Crippen molar-refractivity contribution in [3.8, 4) is 0 Å². The zero-order valence-corrected chi connectivity index (χ0v) is 17.7. The number of piperidine rings is 1. The number of aromatic nitrogens is 4. The van der Waals surface area contributed by atoms with E-state index in [1.165, 1.54) is 13.2 Å². The molecule has 2 atom stereocenters. The van der Waals surface area contributed by atoms with Crippen LogP contribution in [0.5, 0.6) is 0 Å². The average Bonchev–Trinajstić information content (AvgIpc) is 3.23. The number of nitrogens with one attached hydrogen (secondary N) is 2. The molecule has 0 aromatic carbocycles. The Bertz CT molecular complexity index is 1240. The van der Waals surface area contributed by atoms with Crippen LogP contribution in [0.15, 0.2) is 35.5 Å². The number of hydrogen-bond acceptors (Lipinski definition) is 5. The molecule has 0 aliphatic carbocycles. The molecule has 0 saturated carbocycles. The van der Waals surface area contributed by atoms with Crippen LogP contribution in [0, 0.1) is 0 Å². The first-order valence-corrected chi connectivity index (χ1v) is 10.1. The maximum absolute atomic E-state index is 15.0. The minimum Gasteiger partial charge on any atom is -0.352 e. The normalized spacial score (nSPS) is 19.0. The van der Waals surface area contributed by atoms with E-state index in [-0.39, 0.29) is 13.0 Å². The highest BCUT2D eigenvalue weighted by atomic mass is 19.4. The summed E-state index contributed by atoms with van der Waals surface area (Å²) in [5.41, 5.74) is -1.17.